The molecule has 1 saturated heterocycles. The molecule has 2 rings (SSSR count). The lowest BCUT2D eigenvalue weighted by molar-refractivity contribution is 0.205. The molecule has 1 atom stereocenters. The lowest BCUT2D eigenvalue weighted by atomic mass is 10.1. The van der Waals surface area contributed by atoms with Gasteiger partial charge in [-0.25, -0.2) is 0 Å². The predicted molar refractivity (Wildman–Crippen MR) is 66.5 cm³/mol. The number of hydrogen-bond acceptors (Lipinski definition) is 3. The number of piperidine rings is 1. The number of rotatable bonds is 4. The summed E-state index contributed by atoms with van der Waals surface area (Å²) in [5, 5.41) is 3.46. The average molecular weight is 219 g/mol. The second-order valence-electron chi connectivity index (χ2n) is 4.59. The molecule has 2 heterocycles. The fraction of sp³-hybridized carbons (Fsp3) is 0.615. The van der Waals surface area contributed by atoms with Gasteiger partial charge in [0.25, 0.3) is 0 Å². The van der Waals surface area contributed by atoms with Gasteiger partial charge >= 0.3 is 0 Å². The minimum absolute atomic E-state index is 0.713. The molecule has 1 aliphatic rings. The van der Waals surface area contributed by atoms with Crippen molar-refractivity contribution in [1.29, 1.82) is 0 Å². The second-order valence-corrected chi connectivity index (χ2v) is 4.59. The van der Waals surface area contributed by atoms with Crippen molar-refractivity contribution in [3.05, 3.63) is 30.1 Å². The van der Waals surface area contributed by atoms with Crippen LogP contribution in [0.25, 0.3) is 0 Å². The Morgan fingerprint density at radius 3 is 3.19 bits per heavy atom. The van der Waals surface area contributed by atoms with Crippen LogP contribution >= 0.6 is 0 Å². The highest BCUT2D eigenvalue weighted by molar-refractivity contribution is 5.08. The van der Waals surface area contributed by atoms with Gasteiger partial charge in [-0.3, -0.25) is 4.98 Å². The van der Waals surface area contributed by atoms with Gasteiger partial charge in [-0.2, -0.15) is 0 Å². The Morgan fingerprint density at radius 1 is 1.56 bits per heavy atom. The largest absolute Gasteiger partial charge is 0.315 e. The third-order valence-corrected chi connectivity index (χ3v) is 3.37. The summed E-state index contributed by atoms with van der Waals surface area (Å²) >= 11 is 0. The van der Waals surface area contributed by atoms with E-state index in [1.165, 1.54) is 24.9 Å². The van der Waals surface area contributed by atoms with Gasteiger partial charge in [-0.15, -0.1) is 0 Å². The summed E-state index contributed by atoms with van der Waals surface area (Å²) in [6, 6.07) is 4.88. The lowest BCUT2D eigenvalue weighted by Crippen LogP contribution is -2.44. The average Bonchev–Trinajstić information content (AvgIpc) is 2.38. The Labute approximate surface area is 97.9 Å². The lowest BCUT2D eigenvalue weighted by Gasteiger charge is -2.31. The van der Waals surface area contributed by atoms with Crippen LogP contribution in [0.1, 0.15) is 18.4 Å². The van der Waals surface area contributed by atoms with Crippen molar-refractivity contribution in [3.63, 3.8) is 0 Å². The van der Waals surface area contributed by atoms with Crippen molar-refractivity contribution in [2.75, 3.05) is 26.7 Å². The third-order valence-electron chi connectivity index (χ3n) is 3.37. The molecule has 1 N–H and O–H groups in total. The zero-order valence-corrected chi connectivity index (χ0v) is 10.0. The van der Waals surface area contributed by atoms with Crippen LogP contribution < -0.4 is 5.32 Å². The van der Waals surface area contributed by atoms with Crippen molar-refractivity contribution >= 4 is 0 Å². The van der Waals surface area contributed by atoms with Crippen LogP contribution in [0.2, 0.25) is 0 Å². The molecular weight excluding hydrogens is 198 g/mol. The molecule has 1 aliphatic heterocycles. The van der Waals surface area contributed by atoms with Crippen molar-refractivity contribution < 1.29 is 0 Å². The smallest absolute Gasteiger partial charge is 0.0300 e. The van der Waals surface area contributed by atoms with Gasteiger partial charge in [0, 0.05) is 31.5 Å². The Morgan fingerprint density at radius 2 is 2.50 bits per heavy atom. The first-order valence-electron chi connectivity index (χ1n) is 6.16. The van der Waals surface area contributed by atoms with Crippen molar-refractivity contribution in [2.45, 2.75) is 25.3 Å². The van der Waals surface area contributed by atoms with E-state index in [4.69, 9.17) is 0 Å². The van der Waals surface area contributed by atoms with E-state index in [0.717, 1.165) is 19.5 Å². The van der Waals surface area contributed by atoms with Crippen LogP contribution in [-0.4, -0.2) is 42.6 Å². The minimum Gasteiger partial charge on any atom is -0.315 e. The number of pyridine rings is 1. The molecule has 88 valence electrons. The molecule has 1 unspecified atom stereocenters. The standard InChI is InChI=1S/C13H21N3/c1-16(13-5-3-8-15-11-13)9-6-12-4-2-7-14-10-12/h2,4,7,10,13,15H,3,5-6,8-9,11H2,1H3. The molecular formula is C13H21N3. The van der Waals surface area contributed by atoms with Gasteiger partial charge in [0.15, 0.2) is 0 Å². The van der Waals surface area contributed by atoms with Gasteiger partial charge in [0.05, 0.1) is 0 Å². The van der Waals surface area contributed by atoms with E-state index in [0.29, 0.717) is 6.04 Å². The fourth-order valence-electron chi connectivity index (χ4n) is 2.24. The number of nitrogens with zero attached hydrogens (tertiary/aromatic N) is 2. The molecule has 16 heavy (non-hydrogen) atoms. The van der Waals surface area contributed by atoms with Crippen molar-refractivity contribution in [3.8, 4) is 0 Å². The van der Waals surface area contributed by atoms with E-state index >= 15 is 0 Å². The van der Waals surface area contributed by atoms with Crippen LogP contribution in [0.5, 0.6) is 0 Å². The number of hydrogen-bond donors (Lipinski definition) is 1. The molecule has 0 bridgehead atoms. The summed E-state index contributed by atoms with van der Waals surface area (Å²) in [6.45, 7) is 3.45. The Hall–Kier alpha value is -0.930. The molecule has 0 aliphatic carbocycles. The van der Waals surface area contributed by atoms with Gasteiger partial charge in [0.1, 0.15) is 0 Å². The topological polar surface area (TPSA) is 28.2 Å². The quantitative estimate of drug-likeness (QED) is 0.827. The highest BCUT2D eigenvalue weighted by atomic mass is 15.2. The maximum Gasteiger partial charge on any atom is 0.0300 e. The zero-order chi connectivity index (χ0) is 11.2. The first-order chi connectivity index (χ1) is 7.86. The second kappa shape index (κ2) is 5.97. The highest BCUT2D eigenvalue weighted by Crippen LogP contribution is 2.09. The highest BCUT2D eigenvalue weighted by Gasteiger charge is 2.16. The Balaban J connectivity index is 1.76. The molecule has 1 aromatic heterocycles. The van der Waals surface area contributed by atoms with E-state index in [1.807, 2.05) is 18.5 Å². The molecule has 0 amide bonds. The minimum atomic E-state index is 0.713. The summed E-state index contributed by atoms with van der Waals surface area (Å²) in [5.41, 5.74) is 1.33. The molecule has 0 radical (unpaired) electrons. The first-order valence-corrected chi connectivity index (χ1v) is 6.16. The molecule has 0 aromatic carbocycles. The number of nitrogens with one attached hydrogen (secondary N) is 1. The molecule has 1 aromatic rings. The monoisotopic (exact) mass is 219 g/mol. The Kier molecular flexibility index (Phi) is 4.31. The molecule has 1 fully saturated rings. The van der Waals surface area contributed by atoms with E-state index < -0.39 is 0 Å². The molecule has 0 spiro atoms. The summed E-state index contributed by atoms with van der Waals surface area (Å²) < 4.78 is 0. The van der Waals surface area contributed by atoms with Crippen molar-refractivity contribution in [2.24, 2.45) is 0 Å². The van der Waals surface area contributed by atoms with Gasteiger partial charge in [0.2, 0.25) is 0 Å². The van der Waals surface area contributed by atoms with E-state index in [9.17, 15) is 0 Å². The van der Waals surface area contributed by atoms with Gasteiger partial charge < -0.3 is 10.2 Å². The van der Waals surface area contributed by atoms with Gasteiger partial charge in [-0.1, -0.05) is 6.07 Å². The summed E-state index contributed by atoms with van der Waals surface area (Å²) in [4.78, 5) is 6.62. The van der Waals surface area contributed by atoms with Crippen LogP contribution in [0.15, 0.2) is 24.5 Å². The number of aromatic nitrogens is 1. The molecule has 3 nitrogen and oxygen atoms in total. The third kappa shape index (κ3) is 3.29. The fourth-order valence-corrected chi connectivity index (χ4v) is 2.24. The molecule has 3 heteroatoms. The number of likely N-dealkylation sites (N-methyl/N-ethyl adjacent to an activating group) is 1. The summed E-state index contributed by atoms with van der Waals surface area (Å²) in [5.74, 6) is 0. The SMILES string of the molecule is CN(CCc1cccnc1)C1CCCNC1. The predicted octanol–water partition coefficient (Wildman–Crippen LogP) is 1.31. The van der Waals surface area contributed by atoms with Gasteiger partial charge in [-0.05, 0) is 44.5 Å². The zero-order valence-electron chi connectivity index (χ0n) is 10.0. The van der Waals surface area contributed by atoms with Crippen LogP contribution in [-0.2, 0) is 6.42 Å². The summed E-state index contributed by atoms with van der Waals surface area (Å²) in [6.07, 6.45) is 7.53. The van der Waals surface area contributed by atoms with E-state index in [2.05, 4.69) is 28.3 Å². The normalized spacial score (nSPS) is 21.2. The van der Waals surface area contributed by atoms with Crippen LogP contribution in [0.4, 0.5) is 0 Å². The van der Waals surface area contributed by atoms with E-state index in [1.54, 1.807) is 0 Å². The first kappa shape index (κ1) is 11.6. The van der Waals surface area contributed by atoms with Crippen LogP contribution in [0, 0.1) is 0 Å². The summed E-state index contributed by atoms with van der Waals surface area (Å²) in [7, 11) is 2.23. The maximum absolute atomic E-state index is 4.14. The van der Waals surface area contributed by atoms with E-state index in [-0.39, 0.29) is 0 Å². The van der Waals surface area contributed by atoms with Crippen LogP contribution in [0.3, 0.4) is 0 Å². The Bertz CT molecular complexity index is 293. The molecule has 0 saturated carbocycles. The maximum atomic E-state index is 4.14. The van der Waals surface area contributed by atoms with Crippen molar-refractivity contribution in [1.82, 2.24) is 15.2 Å².